The molecule has 0 bridgehead atoms. The van der Waals surface area contributed by atoms with Crippen molar-refractivity contribution in [2.24, 2.45) is 0 Å². The molecule has 1 aromatic carbocycles. The van der Waals surface area contributed by atoms with Crippen molar-refractivity contribution >= 4 is 19.7 Å². The number of nitrogens with zero attached hydrogens (tertiary/aromatic N) is 3. The van der Waals surface area contributed by atoms with E-state index in [0.717, 1.165) is 23.8 Å². The second-order valence-corrected chi connectivity index (χ2v) is 12.5. The van der Waals surface area contributed by atoms with Gasteiger partial charge in [-0.1, -0.05) is 18.2 Å². The minimum absolute atomic E-state index is 0.109. The Labute approximate surface area is 253 Å². The Kier molecular flexibility index (Phi) is 11.6. The van der Waals surface area contributed by atoms with Crippen LogP contribution < -0.4 is 20.9 Å². The Morgan fingerprint density at radius 3 is 2.45 bits per heavy atom. The molecule has 3 rings (SSSR count). The molecule has 1 aliphatic rings. The summed E-state index contributed by atoms with van der Waals surface area (Å²) in [5.41, 5.74) is -4.51. The molecule has 1 unspecified atom stereocenters. The van der Waals surface area contributed by atoms with E-state index in [1.165, 1.54) is 24.0 Å². The van der Waals surface area contributed by atoms with Crippen molar-refractivity contribution < 1.29 is 46.9 Å². The van der Waals surface area contributed by atoms with Crippen molar-refractivity contribution in [2.45, 2.75) is 70.7 Å². The summed E-state index contributed by atoms with van der Waals surface area (Å²) >= 11 is 0. The van der Waals surface area contributed by atoms with E-state index in [0.29, 0.717) is 4.57 Å². The van der Waals surface area contributed by atoms with Crippen LogP contribution in [0.1, 0.15) is 33.9 Å². The number of ether oxygens (including phenoxy) is 3. The first kappa shape index (κ1) is 35.1. The molecule has 1 saturated heterocycles. The van der Waals surface area contributed by atoms with Gasteiger partial charge in [0.1, 0.15) is 24.0 Å². The number of rotatable bonds is 14. The van der Waals surface area contributed by atoms with Crippen molar-refractivity contribution in [3.05, 3.63) is 63.4 Å². The molecule has 1 fully saturated rings. The zero-order valence-electron chi connectivity index (χ0n) is 25.2. The lowest BCUT2D eigenvalue weighted by atomic mass is 9.98. The van der Waals surface area contributed by atoms with Crippen LogP contribution in [0.25, 0.3) is 0 Å². The highest BCUT2D eigenvalue weighted by atomic mass is 31.2. The van der Waals surface area contributed by atoms with Crippen LogP contribution in [-0.4, -0.2) is 88.3 Å². The summed E-state index contributed by atoms with van der Waals surface area (Å²) in [5.74, 6) is -1.33. The fraction of sp³-hybridized carbons (Fsp3) is 0.556. The number of hydrogen-bond acceptors (Lipinski definition) is 12. The number of hydrogen-bond donors (Lipinski definition) is 2. The molecule has 0 aliphatic carbocycles. The molecule has 244 valence electrons. The molecule has 44 heavy (non-hydrogen) atoms. The highest BCUT2D eigenvalue weighted by Crippen LogP contribution is 2.47. The molecular weight excluding hydrogens is 606 g/mol. The van der Waals surface area contributed by atoms with Crippen molar-refractivity contribution in [1.29, 1.82) is 0 Å². The molecule has 0 saturated carbocycles. The number of alkyl halides is 1. The predicted molar refractivity (Wildman–Crippen MR) is 153 cm³/mol. The van der Waals surface area contributed by atoms with E-state index in [-0.39, 0.29) is 12.3 Å². The zero-order chi connectivity index (χ0) is 32.8. The van der Waals surface area contributed by atoms with Crippen LogP contribution in [0.5, 0.6) is 5.75 Å². The monoisotopic (exact) mass is 644 g/mol. The van der Waals surface area contributed by atoms with Gasteiger partial charge in [0.05, 0.1) is 19.3 Å². The van der Waals surface area contributed by atoms with Crippen LogP contribution in [0.3, 0.4) is 0 Å². The van der Waals surface area contributed by atoms with Crippen molar-refractivity contribution in [3.63, 3.8) is 0 Å². The molecular formula is C27H38FN4O11P. The number of likely N-dealkylation sites (N-methyl/N-ethyl adjacent to an activating group) is 1. The Morgan fingerprint density at radius 1 is 1.18 bits per heavy atom. The van der Waals surface area contributed by atoms with Gasteiger partial charge >= 0.3 is 25.4 Å². The zero-order valence-corrected chi connectivity index (χ0v) is 26.1. The summed E-state index contributed by atoms with van der Waals surface area (Å²) in [6.45, 7) is 4.07. The number of benzene rings is 1. The number of aliphatic hydroxyl groups is 1. The van der Waals surface area contributed by atoms with Crippen LogP contribution >= 0.6 is 7.75 Å². The largest absolute Gasteiger partial charge is 0.462 e. The maximum absolute atomic E-state index is 15.9. The van der Waals surface area contributed by atoms with Gasteiger partial charge in [0.15, 0.2) is 18.6 Å². The van der Waals surface area contributed by atoms with E-state index in [2.05, 4.69) is 5.09 Å². The van der Waals surface area contributed by atoms with Gasteiger partial charge in [-0.15, -0.1) is 0 Å². The van der Waals surface area contributed by atoms with Crippen molar-refractivity contribution in [2.75, 3.05) is 27.2 Å². The molecule has 2 N–H and O–H groups in total. The number of esters is 2. The van der Waals surface area contributed by atoms with E-state index in [1.807, 2.05) is 0 Å². The fourth-order valence-corrected chi connectivity index (χ4v) is 5.63. The molecule has 0 amide bonds. The van der Waals surface area contributed by atoms with E-state index in [9.17, 15) is 28.8 Å². The summed E-state index contributed by atoms with van der Waals surface area (Å²) < 4.78 is 57.8. The number of carbonyl (C=O) groups excluding carboxylic acids is 2. The van der Waals surface area contributed by atoms with Crippen molar-refractivity contribution in [3.8, 4) is 5.75 Å². The Bertz CT molecular complexity index is 1460. The van der Waals surface area contributed by atoms with Gasteiger partial charge in [-0.3, -0.25) is 28.4 Å². The molecule has 2 aromatic rings. The summed E-state index contributed by atoms with van der Waals surface area (Å²) in [4.78, 5) is 51.3. The minimum atomic E-state index is -4.39. The SMILES string of the molecule is CC(C)OC(=O)[C@H](C)NP(=O)(OC[C@H]1O[C@@H](n2ccc(=O)n(COC(=O)CN(C)C)c2=O)[C@](C)(F)[C@@H]1O)Oc1ccccc1. The quantitative estimate of drug-likeness (QED) is 0.222. The molecule has 1 aliphatic heterocycles. The lowest BCUT2D eigenvalue weighted by Gasteiger charge is -2.25. The smallest absolute Gasteiger partial charge is 0.459 e. The first-order valence-electron chi connectivity index (χ1n) is 13.7. The molecule has 1 aromatic heterocycles. The van der Waals surface area contributed by atoms with Crippen LogP contribution in [-0.2, 0) is 39.6 Å². The Balaban J connectivity index is 1.82. The summed E-state index contributed by atoms with van der Waals surface area (Å²) in [7, 11) is -1.14. The Morgan fingerprint density at radius 2 is 1.84 bits per heavy atom. The van der Waals surface area contributed by atoms with Gasteiger partial charge in [-0.2, -0.15) is 5.09 Å². The molecule has 2 heterocycles. The van der Waals surface area contributed by atoms with E-state index in [1.54, 1.807) is 46.1 Å². The second kappa shape index (κ2) is 14.6. The lowest BCUT2D eigenvalue weighted by Crippen LogP contribution is -2.47. The van der Waals surface area contributed by atoms with E-state index < -0.39 is 80.5 Å². The molecule has 0 radical (unpaired) electrons. The predicted octanol–water partition coefficient (Wildman–Crippen LogP) is 1.19. The van der Waals surface area contributed by atoms with Gasteiger partial charge < -0.3 is 23.8 Å². The number of para-hydroxylation sites is 1. The first-order valence-corrected chi connectivity index (χ1v) is 15.2. The van der Waals surface area contributed by atoms with Crippen LogP contribution in [0.2, 0.25) is 0 Å². The standard InChI is InChI=1S/C27H38FN4O11P/c1-17(2)41-24(36)18(3)29-44(38,43-19-10-8-7-9-11-19)40-15-20-23(35)27(4,28)25(42-20)31-13-12-21(33)32(26(31)37)16-39-22(34)14-30(5)6/h7-13,17-18,20,23,25,35H,14-16H2,1-6H3,(H,29,38)/t18-,20+,23+,25+,27+,44?/m0/s1. The number of halogens is 1. The van der Waals surface area contributed by atoms with Crippen molar-refractivity contribution in [1.82, 2.24) is 19.1 Å². The van der Waals surface area contributed by atoms with Gasteiger partial charge in [0.2, 0.25) is 0 Å². The average Bonchev–Trinajstić information content (AvgIpc) is 3.15. The molecule has 0 spiro atoms. The Hall–Kier alpha value is -3.40. The third-order valence-corrected chi connectivity index (χ3v) is 7.94. The maximum atomic E-state index is 15.9. The summed E-state index contributed by atoms with van der Waals surface area (Å²) in [6, 6.07) is 7.68. The first-order chi connectivity index (χ1) is 20.5. The van der Waals surface area contributed by atoms with Gasteiger partial charge in [-0.05, 0) is 53.9 Å². The normalized spacial score (nSPS) is 23.7. The minimum Gasteiger partial charge on any atom is -0.462 e. The van der Waals surface area contributed by atoms with Crippen LogP contribution in [0.15, 0.2) is 52.2 Å². The van der Waals surface area contributed by atoms with E-state index in [4.69, 9.17) is 23.3 Å². The topological polar surface area (TPSA) is 177 Å². The fourth-order valence-electron chi connectivity index (χ4n) is 4.13. The van der Waals surface area contributed by atoms with Crippen LogP contribution in [0, 0.1) is 0 Å². The number of aromatic nitrogens is 2. The van der Waals surface area contributed by atoms with E-state index >= 15 is 4.39 Å². The van der Waals surface area contributed by atoms with Gasteiger partial charge in [0, 0.05) is 12.3 Å². The molecule has 17 heteroatoms. The summed E-state index contributed by atoms with van der Waals surface area (Å²) in [6.07, 6.45) is -4.65. The second-order valence-electron chi connectivity index (χ2n) is 10.8. The number of nitrogens with one attached hydrogen (secondary N) is 1. The average molecular weight is 645 g/mol. The van der Waals surface area contributed by atoms with Gasteiger partial charge in [0.25, 0.3) is 5.56 Å². The molecule has 15 nitrogen and oxygen atoms in total. The maximum Gasteiger partial charge on any atom is 0.459 e. The number of aliphatic hydroxyl groups excluding tert-OH is 1. The number of carbonyl (C=O) groups is 2. The highest BCUT2D eigenvalue weighted by molar-refractivity contribution is 7.52. The highest BCUT2D eigenvalue weighted by Gasteiger charge is 2.56. The van der Waals surface area contributed by atoms with Crippen LogP contribution in [0.4, 0.5) is 4.39 Å². The summed E-state index contributed by atoms with van der Waals surface area (Å²) in [5, 5.41) is 13.3. The van der Waals surface area contributed by atoms with Gasteiger partial charge in [-0.25, -0.2) is 18.3 Å². The molecule has 6 atom stereocenters. The third-order valence-electron chi connectivity index (χ3n) is 6.30. The lowest BCUT2D eigenvalue weighted by molar-refractivity contribution is -0.149. The third kappa shape index (κ3) is 8.83.